The number of benzene rings is 1. The minimum atomic E-state index is -0.931. The molecule has 0 aliphatic heterocycles. The van der Waals surface area contributed by atoms with E-state index < -0.39 is 12.1 Å². The second kappa shape index (κ2) is 7.53. The molecular formula is C15H16Cl3NO3. The Bertz CT molecular complexity index is 586. The summed E-state index contributed by atoms with van der Waals surface area (Å²) in [5.74, 6) is -1.10. The molecule has 7 heteroatoms. The maximum absolute atomic E-state index is 12.2. The number of hydrogen-bond acceptors (Lipinski definition) is 3. The van der Waals surface area contributed by atoms with Gasteiger partial charge in [-0.3, -0.25) is 4.79 Å². The molecule has 0 heterocycles. The summed E-state index contributed by atoms with van der Waals surface area (Å²) in [6, 6.07) is 3.10. The van der Waals surface area contributed by atoms with Crippen molar-refractivity contribution in [3.63, 3.8) is 0 Å². The van der Waals surface area contributed by atoms with E-state index in [4.69, 9.17) is 39.5 Å². The zero-order chi connectivity index (χ0) is 16.3. The fourth-order valence-electron chi connectivity index (χ4n) is 2.38. The van der Waals surface area contributed by atoms with Gasteiger partial charge in [-0.25, -0.2) is 4.79 Å². The smallest absolute Gasteiger partial charge is 0.342 e. The molecule has 1 aromatic rings. The van der Waals surface area contributed by atoms with E-state index in [0.717, 1.165) is 25.7 Å². The lowest BCUT2D eigenvalue weighted by Gasteiger charge is -2.17. The number of rotatable bonds is 4. The molecule has 0 radical (unpaired) electrons. The first-order valence-corrected chi connectivity index (χ1v) is 8.18. The van der Waals surface area contributed by atoms with Crippen LogP contribution in [0.15, 0.2) is 12.1 Å². The highest BCUT2D eigenvalue weighted by atomic mass is 35.5. The van der Waals surface area contributed by atoms with Gasteiger partial charge in [-0.15, -0.1) is 0 Å². The Morgan fingerprint density at radius 1 is 1.18 bits per heavy atom. The number of nitrogens with one attached hydrogen (secondary N) is 1. The van der Waals surface area contributed by atoms with Gasteiger partial charge in [-0.05, 0) is 31.9 Å². The molecule has 4 nitrogen and oxygen atoms in total. The molecule has 1 aliphatic rings. The molecule has 1 amide bonds. The van der Waals surface area contributed by atoms with Gasteiger partial charge >= 0.3 is 5.97 Å². The average molecular weight is 365 g/mol. The summed E-state index contributed by atoms with van der Waals surface area (Å²) in [4.78, 5) is 24.2. The standard InChI is InChI=1S/C15H16Cl3NO3/c1-8(14(20)19-9-4-2-3-5-9)22-15(21)12-10(16)6-7-11(17)13(12)18/h6-9H,2-5H2,1H3,(H,19,20)/t8-/m0/s1. The van der Waals surface area contributed by atoms with E-state index in [1.807, 2.05) is 0 Å². The number of hydrogen-bond donors (Lipinski definition) is 1. The van der Waals surface area contributed by atoms with E-state index in [-0.39, 0.29) is 32.6 Å². The van der Waals surface area contributed by atoms with Gasteiger partial charge in [-0.2, -0.15) is 0 Å². The molecule has 0 bridgehead atoms. The molecule has 0 spiro atoms. The van der Waals surface area contributed by atoms with Crippen LogP contribution in [0.2, 0.25) is 15.1 Å². The minimum absolute atomic E-state index is 0.0163. The summed E-state index contributed by atoms with van der Waals surface area (Å²) in [6.45, 7) is 1.51. The van der Waals surface area contributed by atoms with Crippen LogP contribution in [0.25, 0.3) is 0 Å². The van der Waals surface area contributed by atoms with Gasteiger partial charge < -0.3 is 10.1 Å². The third kappa shape index (κ3) is 4.06. The lowest BCUT2D eigenvalue weighted by molar-refractivity contribution is -0.129. The van der Waals surface area contributed by atoms with Crippen molar-refractivity contribution in [3.8, 4) is 0 Å². The number of ether oxygens (including phenoxy) is 1. The first kappa shape index (κ1) is 17.4. The highest BCUT2D eigenvalue weighted by molar-refractivity contribution is 6.46. The van der Waals surface area contributed by atoms with Gasteiger partial charge in [0.25, 0.3) is 5.91 Å². The fraction of sp³-hybridized carbons (Fsp3) is 0.467. The van der Waals surface area contributed by atoms with E-state index in [9.17, 15) is 9.59 Å². The second-order valence-corrected chi connectivity index (χ2v) is 6.45. The molecule has 1 aliphatic carbocycles. The van der Waals surface area contributed by atoms with E-state index in [2.05, 4.69) is 5.32 Å². The topological polar surface area (TPSA) is 55.4 Å². The number of amides is 1. The first-order valence-electron chi connectivity index (χ1n) is 7.05. The van der Waals surface area contributed by atoms with Crippen LogP contribution in [0.3, 0.4) is 0 Å². The molecule has 1 aromatic carbocycles. The van der Waals surface area contributed by atoms with Crippen LogP contribution in [-0.4, -0.2) is 24.0 Å². The Hall–Kier alpha value is -0.970. The summed E-state index contributed by atoms with van der Waals surface area (Å²) >= 11 is 17.8. The van der Waals surface area contributed by atoms with Crippen LogP contribution >= 0.6 is 34.8 Å². The van der Waals surface area contributed by atoms with Crippen LogP contribution < -0.4 is 5.32 Å². The molecule has 1 fully saturated rings. The third-order valence-corrected chi connectivity index (χ3v) is 4.72. The Morgan fingerprint density at radius 2 is 1.77 bits per heavy atom. The van der Waals surface area contributed by atoms with Crippen molar-refractivity contribution in [1.29, 1.82) is 0 Å². The summed E-state index contributed by atoms with van der Waals surface area (Å²) in [5, 5.41) is 3.21. The van der Waals surface area contributed by atoms with Crippen molar-refractivity contribution in [2.24, 2.45) is 0 Å². The molecule has 120 valence electrons. The Balaban J connectivity index is 2.02. The molecule has 2 rings (SSSR count). The maximum atomic E-state index is 12.2. The molecule has 0 aromatic heterocycles. The van der Waals surface area contributed by atoms with Gasteiger partial charge in [0.15, 0.2) is 6.10 Å². The van der Waals surface area contributed by atoms with E-state index in [1.54, 1.807) is 0 Å². The zero-order valence-corrected chi connectivity index (χ0v) is 14.3. The van der Waals surface area contributed by atoms with Gasteiger partial charge in [0.2, 0.25) is 0 Å². The first-order chi connectivity index (χ1) is 10.4. The summed E-state index contributed by atoms with van der Waals surface area (Å²) in [7, 11) is 0. The third-order valence-electron chi connectivity index (χ3n) is 3.60. The molecule has 1 atom stereocenters. The lowest BCUT2D eigenvalue weighted by atomic mass is 10.2. The van der Waals surface area contributed by atoms with E-state index >= 15 is 0 Å². The average Bonchev–Trinajstić information content (AvgIpc) is 2.96. The number of halogens is 3. The largest absolute Gasteiger partial charge is 0.449 e. The van der Waals surface area contributed by atoms with Crippen molar-refractivity contribution >= 4 is 46.7 Å². The van der Waals surface area contributed by atoms with Crippen LogP contribution in [0.1, 0.15) is 43.0 Å². The maximum Gasteiger partial charge on any atom is 0.342 e. The van der Waals surface area contributed by atoms with Crippen molar-refractivity contribution in [1.82, 2.24) is 5.32 Å². The normalized spacial score (nSPS) is 16.4. The molecular weight excluding hydrogens is 349 g/mol. The zero-order valence-electron chi connectivity index (χ0n) is 12.0. The monoisotopic (exact) mass is 363 g/mol. The van der Waals surface area contributed by atoms with Gasteiger partial charge in [0.1, 0.15) is 0 Å². The van der Waals surface area contributed by atoms with Crippen LogP contribution in [0.4, 0.5) is 0 Å². The quantitative estimate of drug-likeness (QED) is 0.642. The van der Waals surface area contributed by atoms with Crippen molar-refractivity contribution in [3.05, 3.63) is 32.8 Å². The number of carbonyl (C=O) groups excluding carboxylic acids is 2. The van der Waals surface area contributed by atoms with Crippen LogP contribution in [-0.2, 0) is 9.53 Å². The Morgan fingerprint density at radius 3 is 2.41 bits per heavy atom. The minimum Gasteiger partial charge on any atom is -0.449 e. The highest BCUT2D eigenvalue weighted by Gasteiger charge is 2.26. The summed E-state index contributed by atoms with van der Waals surface area (Å²) in [6.07, 6.45) is 3.19. The predicted molar refractivity (Wildman–Crippen MR) is 86.7 cm³/mol. The predicted octanol–water partition coefficient (Wildman–Crippen LogP) is 4.25. The molecule has 1 N–H and O–H groups in total. The molecule has 1 saturated carbocycles. The second-order valence-electron chi connectivity index (χ2n) is 5.26. The van der Waals surface area contributed by atoms with Crippen LogP contribution in [0, 0.1) is 0 Å². The number of esters is 1. The van der Waals surface area contributed by atoms with Crippen molar-refractivity contribution in [2.75, 3.05) is 0 Å². The fourth-order valence-corrected chi connectivity index (χ4v) is 3.06. The summed E-state index contributed by atoms with van der Waals surface area (Å²) in [5.41, 5.74) is -0.0312. The Kier molecular flexibility index (Phi) is 5.95. The van der Waals surface area contributed by atoms with E-state index in [1.165, 1.54) is 19.1 Å². The highest BCUT2D eigenvalue weighted by Crippen LogP contribution is 2.32. The van der Waals surface area contributed by atoms with Gasteiger partial charge in [-0.1, -0.05) is 47.6 Å². The van der Waals surface area contributed by atoms with Crippen molar-refractivity contribution in [2.45, 2.75) is 44.8 Å². The lowest BCUT2D eigenvalue weighted by Crippen LogP contribution is -2.40. The Labute approximate surface area is 144 Å². The van der Waals surface area contributed by atoms with Crippen LogP contribution in [0.5, 0.6) is 0 Å². The summed E-state index contributed by atoms with van der Waals surface area (Å²) < 4.78 is 5.15. The molecule has 22 heavy (non-hydrogen) atoms. The number of carbonyl (C=O) groups is 2. The van der Waals surface area contributed by atoms with Crippen molar-refractivity contribution < 1.29 is 14.3 Å². The van der Waals surface area contributed by atoms with Gasteiger partial charge in [0.05, 0.1) is 20.6 Å². The van der Waals surface area contributed by atoms with E-state index in [0.29, 0.717) is 0 Å². The van der Waals surface area contributed by atoms with Gasteiger partial charge in [0, 0.05) is 6.04 Å². The SMILES string of the molecule is C[C@H](OC(=O)c1c(Cl)ccc(Cl)c1Cl)C(=O)NC1CCCC1. The molecule has 0 unspecified atom stereocenters. The molecule has 0 saturated heterocycles.